The van der Waals surface area contributed by atoms with Crippen LogP contribution < -0.4 is 5.32 Å². The maximum absolute atomic E-state index is 13.3. The number of nitrogens with zero attached hydrogens (tertiary/aromatic N) is 1. The van der Waals surface area contributed by atoms with E-state index in [0.29, 0.717) is 11.6 Å². The standard InChI is InChI=1S/C12H11FN2O2/c1-8-15-9(7-17-8)6-14-12(16)10-4-2-3-5-11(10)13/h2-5,7H,6H2,1H3,(H,14,16). The van der Waals surface area contributed by atoms with E-state index in [1.807, 2.05) is 0 Å². The zero-order valence-electron chi connectivity index (χ0n) is 9.24. The number of benzene rings is 1. The fraction of sp³-hybridized carbons (Fsp3) is 0.167. The highest BCUT2D eigenvalue weighted by atomic mass is 19.1. The van der Waals surface area contributed by atoms with Crippen molar-refractivity contribution in [3.63, 3.8) is 0 Å². The third-order valence-corrected chi connectivity index (χ3v) is 2.22. The average Bonchev–Trinajstić information content (AvgIpc) is 2.73. The number of carbonyl (C=O) groups excluding carboxylic acids is 1. The van der Waals surface area contributed by atoms with Gasteiger partial charge in [-0.1, -0.05) is 12.1 Å². The minimum absolute atomic E-state index is 0.0210. The van der Waals surface area contributed by atoms with Gasteiger partial charge in [-0.15, -0.1) is 0 Å². The molecule has 0 saturated carbocycles. The van der Waals surface area contributed by atoms with Gasteiger partial charge in [0.1, 0.15) is 12.1 Å². The molecule has 0 radical (unpaired) electrons. The van der Waals surface area contributed by atoms with Crippen LogP contribution in [0.5, 0.6) is 0 Å². The first-order valence-corrected chi connectivity index (χ1v) is 5.10. The van der Waals surface area contributed by atoms with Gasteiger partial charge in [0, 0.05) is 6.92 Å². The van der Waals surface area contributed by atoms with E-state index in [2.05, 4.69) is 10.3 Å². The molecule has 1 heterocycles. The number of aryl methyl sites for hydroxylation is 1. The Morgan fingerprint density at radius 3 is 2.88 bits per heavy atom. The number of halogens is 1. The van der Waals surface area contributed by atoms with Crippen molar-refractivity contribution in [2.24, 2.45) is 0 Å². The molecule has 0 aliphatic rings. The molecule has 4 nitrogen and oxygen atoms in total. The van der Waals surface area contributed by atoms with Gasteiger partial charge in [-0.2, -0.15) is 0 Å². The Labute approximate surface area is 97.5 Å². The Morgan fingerprint density at radius 1 is 1.47 bits per heavy atom. The summed E-state index contributed by atoms with van der Waals surface area (Å²) in [7, 11) is 0. The number of oxazole rings is 1. The minimum atomic E-state index is -0.540. The molecule has 1 N–H and O–H groups in total. The van der Waals surface area contributed by atoms with Crippen molar-refractivity contribution in [3.8, 4) is 0 Å². The summed E-state index contributed by atoms with van der Waals surface area (Å²) in [4.78, 5) is 15.7. The monoisotopic (exact) mass is 234 g/mol. The smallest absolute Gasteiger partial charge is 0.254 e. The fourth-order valence-electron chi connectivity index (χ4n) is 1.40. The first-order valence-electron chi connectivity index (χ1n) is 5.10. The summed E-state index contributed by atoms with van der Waals surface area (Å²) < 4.78 is 18.3. The average molecular weight is 234 g/mol. The topological polar surface area (TPSA) is 55.1 Å². The largest absolute Gasteiger partial charge is 0.449 e. The summed E-state index contributed by atoms with van der Waals surface area (Å²) in [6.07, 6.45) is 1.46. The predicted octanol–water partition coefficient (Wildman–Crippen LogP) is 2.05. The van der Waals surface area contributed by atoms with Crippen LogP contribution in [0, 0.1) is 12.7 Å². The van der Waals surface area contributed by atoms with Crippen molar-refractivity contribution in [2.75, 3.05) is 0 Å². The summed E-state index contributed by atoms with van der Waals surface area (Å²) >= 11 is 0. The second-order valence-corrected chi connectivity index (χ2v) is 3.52. The molecule has 0 spiro atoms. The number of rotatable bonds is 3. The molecule has 88 valence electrons. The van der Waals surface area contributed by atoms with Gasteiger partial charge in [-0.25, -0.2) is 9.37 Å². The normalized spacial score (nSPS) is 10.2. The molecule has 0 fully saturated rings. The molecule has 17 heavy (non-hydrogen) atoms. The molecule has 2 rings (SSSR count). The minimum Gasteiger partial charge on any atom is -0.449 e. The molecule has 1 aromatic heterocycles. The van der Waals surface area contributed by atoms with Crippen LogP contribution in [0.15, 0.2) is 34.9 Å². The lowest BCUT2D eigenvalue weighted by atomic mass is 10.2. The van der Waals surface area contributed by atoms with Crippen molar-refractivity contribution in [1.82, 2.24) is 10.3 Å². The summed E-state index contributed by atoms with van der Waals surface area (Å²) in [5, 5.41) is 2.57. The zero-order valence-corrected chi connectivity index (χ0v) is 9.24. The van der Waals surface area contributed by atoms with E-state index in [1.54, 1.807) is 13.0 Å². The van der Waals surface area contributed by atoms with Crippen LogP contribution in [0.25, 0.3) is 0 Å². The quantitative estimate of drug-likeness (QED) is 0.884. The van der Waals surface area contributed by atoms with E-state index in [0.717, 1.165) is 0 Å². The molecule has 1 aromatic carbocycles. The highest BCUT2D eigenvalue weighted by Crippen LogP contribution is 2.06. The number of aromatic nitrogens is 1. The predicted molar refractivity (Wildman–Crippen MR) is 58.8 cm³/mol. The molecule has 0 unspecified atom stereocenters. The molecule has 0 aliphatic heterocycles. The molecular weight excluding hydrogens is 223 g/mol. The molecule has 5 heteroatoms. The number of hydrogen-bond donors (Lipinski definition) is 1. The van der Waals surface area contributed by atoms with Gasteiger partial charge in [0.2, 0.25) is 0 Å². The lowest BCUT2D eigenvalue weighted by Gasteiger charge is -2.03. The summed E-state index contributed by atoms with van der Waals surface area (Å²) in [5.74, 6) is -0.481. The lowest BCUT2D eigenvalue weighted by Crippen LogP contribution is -2.23. The summed E-state index contributed by atoms with van der Waals surface area (Å²) in [5.41, 5.74) is 0.625. The van der Waals surface area contributed by atoms with Gasteiger partial charge in [0.15, 0.2) is 5.89 Å². The third-order valence-electron chi connectivity index (χ3n) is 2.22. The number of hydrogen-bond acceptors (Lipinski definition) is 3. The van der Waals surface area contributed by atoms with Crippen molar-refractivity contribution < 1.29 is 13.6 Å². The van der Waals surface area contributed by atoms with Gasteiger partial charge in [0.05, 0.1) is 17.8 Å². The molecule has 2 aromatic rings. The second kappa shape index (κ2) is 4.78. The number of amides is 1. The lowest BCUT2D eigenvalue weighted by molar-refractivity contribution is 0.0946. The van der Waals surface area contributed by atoms with Crippen molar-refractivity contribution in [1.29, 1.82) is 0 Å². The molecule has 0 bridgehead atoms. The van der Waals surface area contributed by atoms with E-state index in [4.69, 9.17) is 4.42 Å². The highest BCUT2D eigenvalue weighted by molar-refractivity contribution is 5.94. The molecule has 1 amide bonds. The van der Waals surface area contributed by atoms with E-state index >= 15 is 0 Å². The molecule has 0 saturated heterocycles. The van der Waals surface area contributed by atoms with Crippen LogP contribution in [-0.4, -0.2) is 10.9 Å². The number of nitrogens with one attached hydrogen (secondary N) is 1. The van der Waals surface area contributed by atoms with Gasteiger partial charge < -0.3 is 9.73 Å². The Morgan fingerprint density at radius 2 is 2.24 bits per heavy atom. The van der Waals surface area contributed by atoms with Gasteiger partial charge in [0.25, 0.3) is 5.91 Å². The summed E-state index contributed by atoms with van der Waals surface area (Å²) in [6, 6.07) is 5.82. The van der Waals surface area contributed by atoms with E-state index < -0.39 is 11.7 Å². The zero-order chi connectivity index (χ0) is 12.3. The van der Waals surface area contributed by atoms with Crippen LogP contribution in [0.2, 0.25) is 0 Å². The Balaban J connectivity index is 2.01. The molecule has 0 atom stereocenters. The van der Waals surface area contributed by atoms with E-state index in [1.165, 1.54) is 24.5 Å². The van der Waals surface area contributed by atoms with Crippen LogP contribution in [0.3, 0.4) is 0 Å². The van der Waals surface area contributed by atoms with Crippen molar-refractivity contribution in [2.45, 2.75) is 13.5 Å². The van der Waals surface area contributed by atoms with Gasteiger partial charge in [-0.05, 0) is 12.1 Å². The van der Waals surface area contributed by atoms with E-state index in [-0.39, 0.29) is 12.1 Å². The fourth-order valence-corrected chi connectivity index (χ4v) is 1.40. The summed E-state index contributed by atoms with van der Waals surface area (Å²) in [6.45, 7) is 1.92. The van der Waals surface area contributed by atoms with Crippen LogP contribution in [0.1, 0.15) is 21.9 Å². The maximum atomic E-state index is 13.3. The Hall–Kier alpha value is -2.17. The SMILES string of the molecule is Cc1nc(CNC(=O)c2ccccc2F)co1. The first kappa shape index (κ1) is 11.3. The van der Waals surface area contributed by atoms with Gasteiger partial charge in [-0.3, -0.25) is 4.79 Å². The maximum Gasteiger partial charge on any atom is 0.254 e. The molecule has 0 aliphatic carbocycles. The highest BCUT2D eigenvalue weighted by Gasteiger charge is 2.10. The van der Waals surface area contributed by atoms with Crippen LogP contribution in [0.4, 0.5) is 4.39 Å². The Bertz CT molecular complexity index is 537. The van der Waals surface area contributed by atoms with Crippen molar-refractivity contribution in [3.05, 3.63) is 53.5 Å². The third kappa shape index (κ3) is 2.69. The van der Waals surface area contributed by atoms with Crippen LogP contribution >= 0.6 is 0 Å². The van der Waals surface area contributed by atoms with Gasteiger partial charge >= 0.3 is 0 Å². The van der Waals surface area contributed by atoms with Crippen molar-refractivity contribution >= 4 is 5.91 Å². The van der Waals surface area contributed by atoms with Crippen LogP contribution in [-0.2, 0) is 6.54 Å². The van der Waals surface area contributed by atoms with E-state index in [9.17, 15) is 9.18 Å². The second-order valence-electron chi connectivity index (χ2n) is 3.52. The Kier molecular flexibility index (Phi) is 3.18. The first-order chi connectivity index (χ1) is 8.16. The number of carbonyl (C=O) groups is 1. The molecular formula is C12H11FN2O2.